The molecule has 0 radical (unpaired) electrons. The summed E-state index contributed by atoms with van der Waals surface area (Å²) >= 11 is 0. The largest absolute Gasteiger partial charge is 0.317 e. The molecule has 2 nitrogen and oxygen atoms in total. The van der Waals surface area contributed by atoms with Gasteiger partial charge in [-0.25, -0.2) is 0 Å². The SMILES string of the molecule is CNC(Cc1ccc(C)cn1)CC1CCCCC1. The topological polar surface area (TPSA) is 24.9 Å². The lowest BCUT2D eigenvalue weighted by Crippen LogP contribution is -2.31. The van der Waals surface area contributed by atoms with Crippen LogP contribution in [0.25, 0.3) is 0 Å². The van der Waals surface area contributed by atoms with Crippen molar-refractivity contribution in [2.45, 2.75) is 57.9 Å². The number of rotatable bonds is 5. The molecule has 0 bridgehead atoms. The molecule has 1 aliphatic carbocycles. The van der Waals surface area contributed by atoms with E-state index in [2.05, 4.69) is 36.4 Å². The fourth-order valence-corrected chi connectivity index (χ4v) is 3.00. The zero-order valence-corrected chi connectivity index (χ0v) is 11.8. The Labute approximate surface area is 111 Å². The van der Waals surface area contributed by atoms with Crippen LogP contribution < -0.4 is 5.32 Å². The standard InChI is InChI=1S/C16H26N2/c1-13-8-9-15(18-12-13)11-16(17-2)10-14-6-4-3-5-7-14/h8-9,12,14,16-17H,3-7,10-11H2,1-2H3. The van der Waals surface area contributed by atoms with Gasteiger partial charge in [0.05, 0.1) is 0 Å². The van der Waals surface area contributed by atoms with Gasteiger partial charge in [-0.1, -0.05) is 38.2 Å². The molecule has 18 heavy (non-hydrogen) atoms. The van der Waals surface area contributed by atoms with Gasteiger partial charge in [-0.05, 0) is 37.9 Å². The van der Waals surface area contributed by atoms with Gasteiger partial charge in [-0.3, -0.25) is 4.98 Å². The Bertz CT molecular complexity index is 339. The number of hydrogen-bond acceptors (Lipinski definition) is 2. The van der Waals surface area contributed by atoms with E-state index in [1.54, 1.807) is 0 Å². The van der Waals surface area contributed by atoms with Crippen molar-refractivity contribution in [1.29, 1.82) is 0 Å². The fraction of sp³-hybridized carbons (Fsp3) is 0.688. The third-order valence-electron chi connectivity index (χ3n) is 4.18. The number of hydrogen-bond donors (Lipinski definition) is 1. The van der Waals surface area contributed by atoms with E-state index in [1.807, 2.05) is 6.20 Å². The summed E-state index contributed by atoms with van der Waals surface area (Å²) in [6, 6.07) is 4.92. The normalized spacial score (nSPS) is 18.8. The predicted molar refractivity (Wildman–Crippen MR) is 76.7 cm³/mol. The minimum absolute atomic E-state index is 0.586. The molecule has 0 aromatic carbocycles. The van der Waals surface area contributed by atoms with Gasteiger partial charge in [0, 0.05) is 24.4 Å². The summed E-state index contributed by atoms with van der Waals surface area (Å²) in [6.07, 6.45) is 11.5. The first-order valence-electron chi connectivity index (χ1n) is 7.36. The molecule has 1 saturated carbocycles. The van der Waals surface area contributed by atoms with Crippen LogP contribution in [0, 0.1) is 12.8 Å². The van der Waals surface area contributed by atoms with E-state index < -0.39 is 0 Å². The van der Waals surface area contributed by atoms with Gasteiger partial charge in [0.15, 0.2) is 0 Å². The number of likely N-dealkylation sites (N-methyl/N-ethyl adjacent to an activating group) is 1. The zero-order valence-electron chi connectivity index (χ0n) is 11.8. The van der Waals surface area contributed by atoms with Crippen molar-refractivity contribution in [3.63, 3.8) is 0 Å². The highest BCUT2D eigenvalue weighted by atomic mass is 14.9. The van der Waals surface area contributed by atoms with E-state index in [0.29, 0.717) is 6.04 Å². The average molecular weight is 246 g/mol. The Kier molecular flexibility index (Phi) is 5.18. The van der Waals surface area contributed by atoms with Crippen LogP contribution in [-0.4, -0.2) is 18.1 Å². The Morgan fingerprint density at radius 1 is 1.28 bits per heavy atom. The highest BCUT2D eigenvalue weighted by Crippen LogP contribution is 2.27. The van der Waals surface area contributed by atoms with Crippen LogP contribution in [0.2, 0.25) is 0 Å². The lowest BCUT2D eigenvalue weighted by atomic mass is 9.84. The molecular weight excluding hydrogens is 220 g/mol. The van der Waals surface area contributed by atoms with Crippen LogP contribution in [0.1, 0.15) is 49.8 Å². The van der Waals surface area contributed by atoms with Crippen LogP contribution in [-0.2, 0) is 6.42 Å². The van der Waals surface area contributed by atoms with Crippen LogP contribution in [0.5, 0.6) is 0 Å². The molecule has 2 rings (SSSR count). The van der Waals surface area contributed by atoms with Gasteiger partial charge in [0.25, 0.3) is 0 Å². The highest BCUT2D eigenvalue weighted by Gasteiger charge is 2.18. The van der Waals surface area contributed by atoms with Crippen molar-refractivity contribution < 1.29 is 0 Å². The van der Waals surface area contributed by atoms with Crippen LogP contribution in [0.3, 0.4) is 0 Å². The highest BCUT2D eigenvalue weighted by molar-refractivity contribution is 5.13. The van der Waals surface area contributed by atoms with Crippen molar-refractivity contribution in [3.8, 4) is 0 Å². The number of nitrogens with zero attached hydrogens (tertiary/aromatic N) is 1. The Balaban J connectivity index is 1.86. The van der Waals surface area contributed by atoms with E-state index >= 15 is 0 Å². The Hall–Kier alpha value is -0.890. The monoisotopic (exact) mass is 246 g/mol. The van der Waals surface area contributed by atoms with Crippen LogP contribution in [0.15, 0.2) is 18.3 Å². The van der Waals surface area contributed by atoms with E-state index in [4.69, 9.17) is 0 Å². The lowest BCUT2D eigenvalue weighted by Gasteiger charge is -2.26. The lowest BCUT2D eigenvalue weighted by molar-refractivity contribution is 0.302. The maximum atomic E-state index is 4.52. The third kappa shape index (κ3) is 4.09. The van der Waals surface area contributed by atoms with Crippen molar-refractivity contribution in [1.82, 2.24) is 10.3 Å². The molecular formula is C16H26N2. The molecule has 0 saturated heterocycles. The molecule has 0 aliphatic heterocycles. The summed E-state index contributed by atoms with van der Waals surface area (Å²) in [4.78, 5) is 4.52. The second-order valence-corrected chi connectivity index (χ2v) is 5.76. The second kappa shape index (κ2) is 6.89. The Morgan fingerprint density at radius 3 is 2.67 bits per heavy atom. The number of nitrogens with one attached hydrogen (secondary N) is 1. The summed E-state index contributed by atoms with van der Waals surface area (Å²) in [5.74, 6) is 0.932. The molecule has 100 valence electrons. The van der Waals surface area contributed by atoms with E-state index in [-0.39, 0.29) is 0 Å². The zero-order chi connectivity index (χ0) is 12.8. The summed E-state index contributed by atoms with van der Waals surface area (Å²) in [5, 5.41) is 3.47. The molecule has 1 fully saturated rings. The molecule has 2 heteroatoms. The quantitative estimate of drug-likeness (QED) is 0.860. The minimum Gasteiger partial charge on any atom is -0.317 e. The third-order valence-corrected chi connectivity index (χ3v) is 4.18. The molecule has 1 heterocycles. The van der Waals surface area contributed by atoms with Crippen molar-refractivity contribution in [2.75, 3.05) is 7.05 Å². The maximum absolute atomic E-state index is 4.52. The first kappa shape index (κ1) is 13.5. The van der Waals surface area contributed by atoms with E-state index in [0.717, 1.165) is 12.3 Å². The number of aryl methyl sites for hydroxylation is 1. The van der Waals surface area contributed by atoms with Gasteiger partial charge >= 0.3 is 0 Å². The smallest absolute Gasteiger partial charge is 0.0419 e. The summed E-state index contributed by atoms with van der Waals surface area (Å²) in [7, 11) is 2.09. The van der Waals surface area contributed by atoms with Crippen LogP contribution in [0.4, 0.5) is 0 Å². The number of aromatic nitrogens is 1. The van der Waals surface area contributed by atoms with Gasteiger partial charge in [0.1, 0.15) is 0 Å². The van der Waals surface area contributed by atoms with Crippen molar-refractivity contribution in [3.05, 3.63) is 29.6 Å². The maximum Gasteiger partial charge on any atom is 0.0419 e. The second-order valence-electron chi connectivity index (χ2n) is 5.76. The van der Waals surface area contributed by atoms with E-state index in [1.165, 1.54) is 49.8 Å². The Morgan fingerprint density at radius 2 is 2.06 bits per heavy atom. The minimum atomic E-state index is 0.586. The molecule has 1 aromatic heterocycles. The molecule has 1 aromatic rings. The summed E-state index contributed by atoms with van der Waals surface area (Å²) in [6.45, 7) is 2.09. The first-order valence-corrected chi connectivity index (χ1v) is 7.36. The summed E-state index contributed by atoms with van der Waals surface area (Å²) < 4.78 is 0. The van der Waals surface area contributed by atoms with Gasteiger partial charge < -0.3 is 5.32 Å². The van der Waals surface area contributed by atoms with Gasteiger partial charge in [-0.2, -0.15) is 0 Å². The van der Waals surface area contributed by atoms with Gasteiger partial charge in [-0.15, -0.1) is 0 Å². The molecule has 0 spiro atoms. The van der Waals surface area contributed by atoms with Gasteiger partial charge in [0.2, 0.25) is 0 Å². The first-order chi connectivity index (χ1) is 8.78. The van der Waals surface area contributed by atoms with Crippen LogP contribution >= 0.6 is 0 Å². The van der Waals surface area contributed by atoms with Crippen molar-refractivity contribution >= 4 is 0 Å². The number of pyridine rings is 1. The van der Waals surface area contributed by atoms with Crippen molar-refractivity contribution in [2.24, 2.45) is 5.92 Å². The molecule has 1 atom stereocenters. The summed E-state index contributed by atoms with van der Waals surface area (Å²) in [5.41, 5.74) is 2.46. The average Bonchev–Trinajstić information content (AvgIpc) is 2.41. The molecule has 0 amide bonds. The molecule has 1 unspecified atom stereocenters. The van der Waals surface area contributed by atoms with E-state index in [9.17, 15) is 0 Å². The fourth-order valence-electron chi connectivity index (χ4n) is 3.00. The molecule has 1 aliphatic rings. The predicted octanol–water partition coefficient (Wildman–Crippen LogP) is 3.49. The molecule has 1 N–H and O–H groups in total.